The Morgan fingerprint density at radius 1 is 1.35 bits per heavy atom. The molecule has 0 radical (unpaired) electrons. The number of fused-ring (bicyclic) bond motifs is 1. The monoisotopic (exact) mass is 295 g/mol. The number of rotatable bonds is 2. The minimum atomic E-state index is -3.59. The topological polar surface area (TPSA) is 68.3 Å². The van der Waals surface area contributed by atoms with Crippen molar-refractivity contribution in [2.45, 2.75) is 38.3 Å². The van der Waals surface area contributed by atoms with Crippen LogP contribution in [0.2, 0.25) is 0 Å². The molecule has 2 aromatic rings. The average molecular weight is 295 g/mol. The second kappa shape index (κ2) is 4.46. The second-order valence-electron chi connectivity index (χ2n) is 5.07. The van der Waals surface area contributed by atoms with E-state index < -0.39 is 10.0 Å². The highest BCUT2D eigenvalue weighted by atomic mass is 32.2. The van der Waals surface area contributed by atoms with Crippen LogP contribution < -0.4 is 0 Å². The molecule has 0 aromatic carbocycles. The summed E-state index contributed by atoms with van der Waals surface area (Å²) < 4.78 is 34.3. The molecule has 2 aromatic heterocycles. The van der Waals surface area contributed by atoms with Crippen molar-refractivity contribution >= 4 is 10.0 Å². The lowest BCUT2D eigenvalue weighted by Crippen LogP contribution is -2.40. The van der Waals surface area contributed by atoms with Gasteiger partial charge in [0.2, 0.25) is 10.0 Å². The Kier molecular flexibility index (Phi) is 2.98. The van der Waals surface area contributed by atoms with E-state index in [4.69, 9.17) is 4.52 Å². The van der Waals surface area contributed by atoms with Gasteiger partial charge in [-0.25, -0.2) is 8.42 Å². The lowest BCUT2D eigenvalue weighted by Gasteiger charge is -2.33. The summed E-state index contributed by atoms with van der Waals surface area (Å²) in [5.41, 5.74) is 1.42. The van der Waals surface area contributed by atoms with Crippen LogP contribution in [0.4, 0.5) is 0 Å². The van der Waals surface area contributed by atoms with Gasteiger partial charge in [0.25, 0.3) is 0 Å². The minimum absolute atomic E-state index is 0.197. The van der Waals surface area contributed by atoms with E-state index in [0.29, 0.717) is 24.5 Å². The number of aryl methyl sites for hydroxylation is 2. The number of hydrogen-bond acceptors (Lipinski definition) is 4. The highest BCUT2D eigenvalue weighted by Gasteiger charge is 2.37. The molecule has 0 amide bonds. The summed E-state index contributed by atoms with van der Waals surface area (Å²) in [7, 11) is -3.59. The largest absolute Gasteiger partial charge is 0.360 e. The Morgan fingerprint density at radius 2 is 2.10 bits per heavy atom. The molecule has 0 unspecified atom stereocenters. The van der Waals surface area contributed by atoms with Crippen LogP contribution in [0.25, 0.3) is 0 Å². The van der Waals surface area contributed by atoms with Crippen LogP contribution in [0, 0.1) is 13.8 Å². The minimum Gasteiger partial charge on any atom is -0.360 e. The molecule has 0 N–H and O–H groups in total. The second-order valence-corrected chi connectivity index (χ2v) is 6.90. The number of sulfonamides is 1. The van der Waals surface area contributed by atoms with Crippen LogP contribution in [0.15, 0.2) is 27.7 Å². The highest BCUT2D eigenvalue weighted by Crippen LogP contribution is 2.33. The van der Waals surface area contributed by atoms with E-state index in [1.807, 2.05) is 25.3 Å². The zero-order valence-electron chi connectivity index (χ0n) is 11.7. The number of nitrogens with zero attached hydrogens (tertiary/aromatic N) is 3. The fourth-order valence-electron chi connectivity index (χ4n) is 2.85. The number of aromatic nitrogens is 2. The third kappa shape index (κ3) is 1.81. The summed E-state index contributed by atoms with van der Waals surface area (Å²) in [5.74, 6) is 0.343. The van der Waals surface area contributed by atoms with Crippen molar-refractivity contribution in [1.82, 2.24) is 14.0 Å². The Balaban J connectivity index is 2.06. The van der Waals surface area contributed by atoms with Gasteiger partial charge in [0, 0.05) is 25.0 Å². The Bertz CT molecular complexity index is 725. The molecule has 7 heteroatoms. The van der Waals surface area contributed by atoms with Crippen molar-refractivity contribution in [1.29, 1.82) is 0 Å². The maximum absolute atomic E-state index is 12.8. The van der Waals surface area contributed by atoms with Gasteiger partial charge in [0.05, 0.1) is 6.04 Å². The van der Waals surface area contributed by atoms with Gasteiger partial charge in [-0.05, 0) is 32.9 Å². The normalized spacial score (nSPS) is 20.1. The molecule has 0 fully saturated rings. The van der Waals surface area contributed by atoms with E-state index in [9.17, 15) is 8.42 Å². The standard InChI is InChI=1S/C13H17N3O3S/c1-9-13(11(3)19-14-9)20(17,18)16-8-7-15-6-4-5-12(15)10(16)2/h4-6,10H,7-8H2,1-3H3/t10-/m1/s1. The zero-order valence-corrected chi connectivity index (χ0v) is 12.5. The Hall–Kier alpha value is -1.60. The molecule has 0 saturated heterocycles. The van der Waals surface area contributed by atoms with Crippen LogP contribution >= 0.6 is 0 Å². The summed E-state index contributed by atoms with van der Waals surface area (Å²) in [6.45, 7) is 6.30. The first-order valence-corrected chi connectivity index (χ1v) is 7.96. The van der Waals surface area contributed by atoms with Gasteiger partial charge >= 0.3 is 0 Å². The zero-order chi connectivity index (χ0) is 14.5. The number of hydrogen-bond donors (Lipinski definition) is 0. The smallest absolute Gasteiger partial charge is 0.249 e. The quantitative estimate of drug-likeness (QED) is 0.848. The summed E-state index contributed by atoms with van der Waals surface area (Å²) in [6.07, 6.45) is 1.98. The maximum atomic E-state index is 12.8. The molecule has 20 heavy (non-hydrogen) atoms. The van der Waals surface area contributed by atoms with Crippen molar-refractivity contribution in [3.8, 4) is 0 Å². The maximum Gasteiger partial charge on any atom is 0.249 e. The van der Waals surface area contributed by atoms with E-state index in [1.54, 1.807) is 13.8 Å². The Morgan fingerprint density at radius 3 is 2.75 bits per heavy atom. The Labute approximate surface area is 118 Å². The van der Waals surface area contributed by atoms with E-state index in [-0.39, 0.29) is 10.9 Å². The molecule has 0 aliphatic carbocycles. The van der Waals surface area contributed by atoms with Crippen LogP contribution in [0.1, 0.15) is 30.1 Å². The molecule has 108 valence electrons. The van der Waals surface area contributed by atoms with E-state index in [0.717, 1.165) is 5.69 Å². The van der Waals surface area contributed by atoms with Crippen molar-refractivity contribution in [3.63, 3.8) is 0 Å². The molecule has 3 heterocycles. The van der Waals surface area contributed by atoms with Crippen LogP contribution in [-0.4, -0.2) is 29.0 Å². The summed E-state index contributed by atoms with van der Waals surface area (Å²) >= 11 is 0. The molecule has 1 aliphatic heterocycles. The summed E-state index contributed by atoms with van der Waals surface area (Å²) in [6, 6.07) is 3.70. The summed E-state index contributed by atoms with van der Waals surface area (Å²) in [4.78, 5) is 0.198. The van der Waals surface area contributed by atoms with Gasteiger partial charge in [-0.3, -0.25) is 0 Å². The third-order valence-electron chi connectivity index (χ3n) is 3.82. The van der Waals surface area contributed by atoms with Gasteiger partial charge in [-0.15, -0.1) is 0 Å². The highest BCUT2D eigenvalue weighted by molar-refractivity contribution is 7.89. The van der Waals surface area contributed by atoms with Crippen LogP contribution in [0.5, 0.6) is 0 Å². The lowest BCUT2D eigenvalue weighted by molar-refractivity contribution is 0.282. The average Bonchev–Trinajstić information content (AvgIpc) is 2.97. The molecule has 6 nitrogen and oxygen atoms in total. The first kappa shape index (κ1) is 13.4. The van der Waals surface area contributed by atoms with Gasteiger partial charge in [0.1, 0.15) is 10.6 Å². The lowest BCUT2D eigenvalue weighted by atomic mass is 10.2. The molecule has 0 saturated carbocycles. The molecular weight excluding hydrogens is 278 g/mol. The summed E-state index contributed by atoms with van der Waals surface area (Å²) in [5, 5.41) is 3.75. The molecule has 3 rings (SSSR count). The van der Waals surface area contributed by atoms with Crippen molar-refractivity contribution < 1.29 is 12.9 Å². The van der Waals surface area contributed by atoms with Crippen LogP contribution in [0.3, 0.4) is 0 Å². The molecule has 0 spiro atoms. The predicted octanol–water partition coefficient (Wildman–Crippen LogP) is 1.86. The van der Waals surface area contributed by atoms with E-state index in [2.05, 4.69) is 9.72 Å². The fraction of sp³-hybridized carbons (Fsp3) is 0.462. The van der Waals surface area contributed by atoms with Crippen molar-refractivity contribution in [2.75, 3.05) is 6.54 Å². The van der Waals surface area contributed by atoms with Crippen molar-refractivity contribution in [2.24, 2.45) is 0 Å². The van der Waals surface area contributed by atoms with E-state index in [1.165, 1.54) is 4.31 Å². The predicted molar refractivity (Wildman–Crippen MR) is 72.7 cm³/mol. The molecule has 0 bridgehead atoms. The fourth-order valence-corrected chi connectivity index (χ4v) is 4.74. The van der Waals surface area contributed by atoms with Gasteiger partial charge < -0.3 is 9.09 Å². The molecule has 1 aliphatic rings. The van der Waals surface area contributed by atoms with Gasteiger partial charge in [0.15, 0.2) is 5.76 Å². The van der Waals surface area contributed by atoms with Gasteiger partial charge in [-0.1, -0.05) is 5.16 Å². The van der Waals surface area contributed by atoms with Crippen LogP contribution in [-0.2, 0) is 16.6 Å². The SMILES string of the molecule is Cc1noc(C)c1S(=O)(=O)N1CCn2cccc2[C@H]1C. The first-order chi connectivity index (χ1) is 9.43. The molecular formula is C13H17N3O3S. The third-order valence-corrected chi connectivity index (χ3v) is 6.04. The van der Waals surface area contributed by atoms with Gasteiger partial charge in [-0.2, -0.15) is 4.31 Å². The molecule has 1 atom stereocenters. The first-order valence-electron chi connectivity index (χ1n) is 6.52. The van der Waals surface area contributed by atoms with Crippen molar-refractivity contribution in [3.05, 3.63) is 35.5 Å². The van der Waals surface area contributed by atoms with E-state index >= 15 is 0 Å².